The molecule has 1 aliphatic rings. The van der Waals surface area contributed by atoms with E-state index in [2.05, 4.69) is 77.1 Å². The fourth-order valence-corrected chi connectivity index (χ4v) is 4.34. The highest BCUT2D eigenvalue weighted by molar-refractivity contribution is 9.10. The number of benzene rings is 2. The van der Waals surface area contributed by atoms with Gasteiger partial charge < -0.3 is 4.74 Å². The largest absolute Gasteiger partial charge is 0.377 e. The van der Waals surface area contributed by atoms with Gasteiger partial charge in [0.05, 0.1) is 6.10 Å². The van der Waals surface area contributed by atoms with Crippen molar-refractivity contribution in [2.45, 2.75) is 52.2 Å². The van der Waals surface area contributed by atoms with Crippen molar-refractivity contribution in [2.24, 2.45) is 0 Å². The lowest BCUT2D eigenvalue weighted by molar-refractivity contribution is 0.0701. The van der Waals surface area contributed by atoms with Gasteiger partial charge in [-0.15, -0.1) is 0 Å². The van der Waals surface area contributed by atoms with Crippen molar-refractivity contribution in [3.8, 4) is 0 Å². The highest BCUT2D eigenvalue weighted by Gasteiger charge is 2.20. The van der Waals surface area contributed by atoms with Crippen LogP contribution in [0.25, 0.3) is 0 Å². The minimum atomic E-state index is 0.401. The van der Waals surface area contributed by atoms with E-state index in [0.717, 1.165) is 32.7 Å². The maximum absolute atomic E-state index is 5.90. The maximum atomic E-state index is 5.90. The smallest absolute Gasteiger partial charge is 0.0702 e. The van der Waals surface area contributed by atoms with E-state index >= 15 is 0 Å². The topological polar surface area (TPSA) is 12.5 Å². The van der Waals surface area contributed by atoms with E-state index in [1.165, 1.54) is 46.0 Å². The standard InChI is InChI=1S/C23H30BrNO/c1-18-11-12-21(23(24)15-18)16-25(17-22-10-6-14-26-22)13-5-9-20-8-4-3-7-19(20)2/h3-4,7-8,11-12,15,22H,5-6,9-10,13-14,16-17H2,1-2H3. The van der Waals surface area contributed by atoms with Crippen molar-refractivity contribution in [1.29, 1.82) is 0 Å². The first-order valence-electron chi connectivity index (χ1n) is 9.75. The summed E-state index contributed by atoms with van der Waals surface area (Å²) < 4.78 is 7.12. The van der Waals surface area contributed by atoms with Crippen LogP contribution in [0.4, 0.5) is 0 Å². The molecule has 0 N–H and O–H groups in total. The van der Waals surface area contributed by atoms with E-state index in [4.69, 9.17) is 4.74 Å². The molecule has 3 rings (SSSR count). The first-order chi connectivity index (χ1) is 12.6. The van der Waals surface area contributed by atoms with Gasteiger partial charge in [-0.3, -0.25) is 4.90 Å². The van der Waals surface area contributed by atoms with Gasteiger partial charge in [0, 0.05) is 24.2 Å². The zero-order valence-electron chi connectivity index (χ0n) is 16.0. The summed E-state index contributed by atoms with van der Waals surface area (Å²) in [4.78, 5) is 2.57. The minimum Gasteiger partial charge on any atom is -0.377 e. The summed E-state index contributed by atoms with van der Waals surface area (Å²) in [7, 11) is 0. The molecule has 1 fully saturated rings. The van der Waals surface area contributed by atoms with E-state index in [0.29, 0.717) is 6.10 Å². The third kappa shape index (κ3) is 5.67. The van der Waals surface area contributed by atoms with E-state index in [9.17, 15) is 0 Å². The number of nitrogens with zero attached hydrogens (tertiary/aromatic N) is 1. The van der Waals surface area contributed by atoms with Gasteiger partial charge in [-0.05, 0) is 74.4 Å². The van der Waals surface area contributed by atoms with E-state index in [1.807, 2.05) is 0 Å². The van der Waals surface area contributed by atoms with Crippen LogP contribution in [0.3, 0.4) is 0 Å². The summed E-state index contributed by atoms with van der Waals surface area (Å²) in [6, 6.07) is 15.4. The average Bonchev–Trinajstić information content (AvgIpc) is 3.12. The fourth-order valence-electron chi connectivity index (χ4n) is 3.72. The maximum Gasteiger partial charge on any atom is 0.0702 e. The predicted molar refractivity (Wildman–Crippen MR) is 113 cm³/mol. The van der Waals surface area contributed by atoms with Crippen LogP contribution in [-0.4, -0.2) is 30.7 Å². The highest BCUT2D eigenvalue weighted by Crippen LogP contribution is 2.22. The van der Waals surface area contributed by atoms with Crippen LogP contribution in [0.15, 0.2) is 46.9 Å². The van der Waals surface area contributed by atoms with Crippen LogP contribution in [-0.2, 0) is 17.7 Å². The molecule has 0 bridgehead atoms. The van der Waals surface area contributed by atoms with Gasteiger partial charge in [-0.25, -0.2) is 0 Å². The molecule has 0 aromatic heterocycles. The third-order valence-corrected chi connectivity index (χ3v) is 6.01. The lowest BCUT2D eigenvalue weighted by Crippen LogP contribution is -2.33. The molecule has 2 aromatic rings. The second-order valence-corrected chi connectivity index (χ2v) is 8.35. The van der Waals surface area contributed by atoms with Crippen molar-refractivity contribution in [3.05, 3.63) is 69.2 Å². The van der Waals surface area contributed by atoms with Crippen LogP contribution >= 0.6 is 15.9 Å². The molecule has 1 atom stereocenters. The number of rotatable bonds is 8. The van der Waals surface area contributed by atoms with Crippen LogP contribution < -0.4 is 0 Å². The molecule has 26 heavy (non-hydrogen) atoms. The fraction of sp³-hybridized carbons (Fsp3) is 0.478. The monoisotopic (exact) mass is 415 g/mol. The quantitative estimate of drug-likeness (QED) is 0.549. The van der Waals surface area contributed by atoms with Gasteiger partial charge in [0.25, 0.3) is 0 Å². The van der Waals surface area contributed by atoms with Crippen molar-refractivity contribution in [1.82, 2.24) is 4.90 Å². The first kappa shape index (κ1) is 19.6. The van der Waals surface area contributed by atoms with Crippen molar-refractivity contribution >= 4 is 15.9 Å². The molecule has 2 nitrogen and oxygen atoms in total. The number of halogens is 1. The molecular weight excluding hydrogens is 386 g/mol. The summed E-state index contributed by atoms with van der Waals surface area (Å²) in [6.07, 6.45) is 5.13. The predicted octanol–water partition coefficient (Wildman–Crippen LogP) is 5.68. The van der Waals surface area contributed by atoms with E-state index in [1.54, 1.807) is 0 Å². The number of hydrogen-bond donors (Lipinski definition) is 0. The van der Waals surface area contributed by atoms with E-state index < -0.39 is 0 Å². The third-order valence-electron chi connectivity index (χ3n) is 5.27. The molecule has 0 aliphatic carbocycles. The Kier molecular flexibility index (Phi) is 7.30. The molecule has 1 aliphatic heterocycles. The highest BCUT2D eigenvalue weighted by atomic mass is 79.9. The lowest BCUT2D eigenvalue weighted by atomic mass is 10.0. The Morgan fingerprint density at radius 1 is 1.12 bits per heavy atom. The minimum absolute atomic E-state index is 0.401. The molecule has 2 aromatic carbocycles. The zero-order chi connectivity index (χ0) is 18.4. The Balaban J connectivity index is 1.61. The van der Waals surface area contributed by atoms with Gasteiger partial charge in [0.15, 0.2) is 0 Å². The first-order valence-corrected chi connectivity index (χ1v) is 10.5. The Morgan fingerprint density at radius 2 is 1.96 bits per heavy atom. The number of aryl methyl sites for hydroxylation is 3. The van der Waals surface area contributed by atoms with Crippen molar-refractivity contribution in [3.63, 3.8) is 0 Å². The van der Waals surface area contributed by atoms with Gasteiger partial charge in [-0.1, -0.05) is 52.3 Å². The Hall–Kier alpha value is -1.16. The van der Waals surface area contributed by atoms with Gasteiger partial charge in [0.1, 0.15) is 0 Å². The molecule has 0 spiro atoms. The molecule has 1 saturated heterocycles. The average molecular weight is 416 g/mol. The molecule has 0 saturated carbocycles. The molecule has 0 amide bonds. The molecular formula is C23H30BrNO. The van der Waals surface area contributed by atoms with Crippen LogP contribution in [0, 0.1) is 13.8 Å². The molecule has 0 radical (unpaired) electrons. The van der Waals surface area contributed by atoms with Crippen molar-refractivity contribution in [2.75, 3.05) is 19.7 Å². The SMILES string of the molecule is Cc1ccc(CN(CCCc2ccccc2C)CC2CCCO2)c(Br)c1. The molecule has 3 heteroatoms. The molecule has 1 heterocycles. The van der Waals surface area contributed by atoms with Crippen LogP contribution in [0.2, 0.25) is 0 Å². The Morgan fingerprint density at radius 3 is 2.69 bits per heavy atom. The molecule has 1 unspecified atom stereocenters. The summed E-state index contributed by atoms with van der Waals surface area (Å²) in [5.41, 5.74) is 5.54. The summed E-state index contributed by atoms with van der Waals surface area (Å²) in [5, 5.41) is 0. The molecule has 140 valence electrons. The van der Waals surface area contributed by atoms with E-state index in [-0.39, 0.29) is 0 Å². The second kappa shape index (κ2) is 9.68. The number of hydrogen-bond acceptors (Lipinski definition) is 2. The van der Waals surface area contributed by atoms with Crippen LogP contribution in [0.5, 0.6) is 0 Å². The Labute approximate surface area is 166 Å². The van der Waals surface area contributed by atoms with Gasteiger partial charge >= 0.3 is 0 Å². The number of ether oxygens (including phenoxy) is 1. The van der Waals surface area contributed by atoms with Gasteiger partial charge in [0.2, 0.25) is 0 Å². The second-order valence-electron chi connectivity index (χ2n) is 7.50. The summed E-state index contributed by atoms with van der Waals surface area (Å²) in [6.45, 7) is 8.40. The van der Waals surface area contributed by atoms with Gasteiger partial charge in [-0.2, -0.15) is 0 Å². The summed E-state index contributed by atoms with van der Waals surface area (Å²) >= 11 is 3.74. The Bertz CT molecular complexity index is 709. The van der Waals surface area contributed by atoms with Crippen LogP contribution in [0.1, 0.15) is 41.5 Å². The lowest BCUT2D eigenvalue weighted by Gasteiger charge is -2.26. The normalized spacial score (nSPS) is 17.2. The zero-order valence-corrected chi connectivity index (χ0v) is 17.6. The van der Waals surface area contributed by atoms with Crippen molar-refractivity contribution < 1.29 is 4.74 Å². The summed E-state index contributed by atoms with van der Waals surface area (Å²) in [5.74, 6) is 0.